The van der Waals surface area contributed by atoms with E-state index in [9.17, 15) is 9.59 Å². The Hall–Kier alpha value is -1.88. The summed E-state index contributed by atoms with van der Waals surface area (Å²) in [6.07, 6.45) is 1.53. The number of hydrogen-bond donors (Lipinski definition) is 2. The van der Waals surface area contributed by atoms with Crippen LogP contribution in [0.15, 0.2) is 24.3 Å². The predicted octanol–water partition coefficient (Wildman–Crippen LogP) is 1.95. The van der Waals surface area contributed by atoms with Crippen molar-refractivity contribution in [2.24, 2.45) is 11.7 Å². The number of piperidine rings is 1. The van der Waals surface area contributed by atoms with Crippen LogP contribution in [0.3, 0.4) is 0 Å². The van der Waals surface area contributed by atoms with Gasteiger partial charge in [0.1, 0.15) is 0 Å². The predicted molar refractivity (Wildman–Crippen MR) is 87.5 cm³/mol. The van der Waals surface area contributed by atoms with Crippen molar-refractivity contribution < 1.29 is 9.59 Å². The number of carbonyl (C=O) groups is 2. The van der Waals surface area contributed by atoms with Gasteiger partial charge in [-0.1, -0.05) is 26.0 Å². The average Bonchev–Trinajstić information content (AvgIpc) is 2.48. The lowest BCUT2D eigenvalue weighted by Gasteiger charge is -2.30. The largest absolute Gasteiger partial charge is 0.369 e. The molecule has 1 aromatic carbocycles. The van der Waals surface area contributed by atoms with E-state index in [1.165, 1.54) is 5.56 Å². The maximum absolute atomic E-state index is 12.3. The van der Waals surface area contributed by atoms with Gasteiger partial charge in [-0.15, -0.1) is 0 Å². The zero-order chi connectivity index (χ0) is 16.1. The Bertz CT molecular complexity index is 517. The molecule has 120 valence electrons. The summed E-state index contributed by atoms with van der Waals surface area (Å²) in [5.74, 6) is 0.248. The van der Waals surface area contributed by atoms with Gasteiger partial charge >= 0.3 is 0 Å². The molecule has 2 rings (SSSR count). The average molecular weight is 303 g/mol. The minimum atomic E-state index is -0.312. The van der Waals surface area contributed by atoms with Gasteiger partial charge in [0.2, 0.25) is 11.8 Å². The van der Waals surface area contributed by atoms with Crippen LogP contribution in [0.1, 0.15) is 38.2 Å². The number of benzene rings is 1. The number of primary amides is 1. The Morgan fingerprint density at radius 3 is 2.32 bits per heavy atom. The number of nitrogens with two attached hydrogens (primary N) is 1. The fraction of sp³-hybridized carbons (Fsp3) is 0.529. The Morgan fingerprint density at radius 1 is 1.23 bits per heavy atom. The molecular formula is C17H25N3O2. The fourth-order valence-corrected chi connectivity index (χ4v) is 2.77. The summed E-state index contributed by atoms with van der Waals surface area (Å²) in [5.41, 5.74) is 7.30. The first kappa shape index (κ1) is 16.5. The van der Waals surface area contributed by atoms with Crippen LogP contribution in [0.5, 0.6) is 0 Å². The molecule has 0 saturated carbocycles. The van der Waals surface area contributed by atoms with E-state index < -0.39 is 0 Å². The quantitative estimate of drug-likeness (QED) is 0.873. The van der Waals surface area contributed by atoms with Crippen molar-refractivity contribution in [3.05, 3.63) is 29.8 Å². The van der Waals surface area contributed by atoms with Crippen molar-refractivity contribution in [1.29, 1.82) is 0 Å². The van der Waals surface area contributed by atoms with Crippen LogP contribution in [0.2, 0.25) is 0 Å². The first-order valence-electron chi connectivity index (χ1n) is 7.87. The van der Waals surface area contributed by atoms with E-state index in [0.717, 1.165) is 31.6 Å². The van der Waals surface area contributed by atoms with Gasteiger partial charge in [-0.25, -0.2) is 0 Å². The van der Waals surface area contributed by atoms with Crippen LogP contribution in [-0.4, -0.2) is 36.3 Å². The van der Waals surface area contributed by atoms with Crippen LogP contribution in [0.4, 0.5) is 5.69 Å². The van der Waals surface area contributed by atoms with E-state index in [2.05, 4.69) is 31.3 Å². The smallest absolute Gasteiger partial charge is 0.231 e. The fourth-order valence-electron chi connectivity index (χ4n) is 2.77. The van der Waals surface area contributed by atoms with Crippen molar-refractivity contribution in [3.8, 4) is 0 Å². The minimum Gasteiger partial charge on any atom is -0.369 e. The van der Waals surface area contributed by atoms with Crippen molar-refractivity contribution >= 4 is 17.5 Å². The summed E-state index contributed by atoms with van der Waals surface area (Å²) < 4.78 is 0. The van der Waals surface area contributed by atoms with Crippen LogP contribution in [0.25, 0.3) is 0 Å². The first-order valence-corrected chi connectivity index (χ1v) is 7.87. The molecule has 1 aliphatic rings. The molecule has 0 bridgehead atoms. The monoisotopic (exact) mass is 303 g/mol. The van der Waals surface area contributed by atoms with E-state index in [1.807, 2.05) is 17.0 Å². The number of nitrogens with zero attached hydrogens (tertiary/aromatic N) is 1. The van der Waals surface area contributed by atoms with Gasteiger partial charge in [-0.2, -0.15) is 0 Å². The topological polar surface area (TPSA) is 75.4 Å². The molecule has 0 aliphatic carbocycles. The highest BCUT2D eigenvalue weighted by Crippen LogP contribution is 2.21. The van der Waals surface area contributed by atoms with Gasteiger partial charge in [-0.3, -0.25) is 14.5 Å². The molecule has 1 fully saturated rings. The minimum absolute atomic E-state index is 0.00824. The molecule has 1 aliphatic heterocycles. The molecule has 0 aromatic heterocycles. The third-order valence-corrected chi connectivity index (χ3v) is 4.18. The first-order chi connectivity index (χ1) is 10.5. The SMILES string of the molecule is CC(C)c1ccc(NC(=O)C2CCN(CC(N)=O)CC2)cc1. The van der Waals surface area contributed by atoms with Crippen LogP contribution >= 0.6 is 0 Å². The standard InChI is InChI=1S/C17H25N3O2/c1-12(2)13-3-5-15(6-4-13)19-17(22)14-7-9-20(10-8-14)11-16(18)21/h3-6,12,14H,7-11H2,1-2H3,(H2,18,21)(H,19,22). The zero-order valence-electron chi connectivity index (χ0n) is 13.3. The molecule has 0 radical (unpaired) electrons. The van der Waals surface area contributed by atoms with Crippen molar-refractivity contribution in [1.82, 2.24) is 4.90 Å². The molecule has 0 atom stereocenters. The van der Waals surface area contributed by atoms with Crippen LogP contribution < -0.4 is 11.1 Å². The summed E-state index contributed by atoms with van der Waals surface area (Å²) in [5, 5.41) is 2.98. The highest BCUT2D eigenvalue weighted by atomic mass is 16.2. The number of hydrogen-bond acceptors (Lipinski definition) is 3. The molecule has 5 heteroatoms. The lowest BCUT2D eigenvalue weighted by atomic mass is 9.95. The number of anilines is 1. The number of carbonyl (C=O) groups excluding carboxylic acids is 2. The van der Waals surface area contributed by atoms with E-state index in [4.69, 9.17) is 5.73 Å². The van der Waals surface area contributed by atoms with E-state index in [-0.39, 0.29) is 24.3 Å². The molecule has 5 nitrogen and oxygen atoms in total. The summed E-state index contributed by atoms with van der Waals surface area (Å²) in [7, 11) is 0. The van der Waals surface area contributed by atoms with Gasteiger partial charge in [0.15, 0.2) is 0 Å². The molecule has 0 unspecified atom stereocenters. The van der Waals surface area contributed by atoms with Gasteiger partial charge in [-0.05, 0) is 49.5 Å². The molecule has 0 spiro atoms. The lowest BCUT2D eigenvalue weighted by Crippen LogP contribution is -2.42. The van der Waals surface area contributed by atoms with Gasteiger partial charge < -0.3 is 11.1 Å². The van der Waals surface area contributed by atoms with Crippen molar-refractivity contribution in [2.75, 3.05) is 25.0 Å². The van der Waals surface area contributed by atoms with E-state index >= 15 is 0 Å². The highest BCUT2D eigenvalue weighted by Gasteiger charge is 2.25. The molecule has 2 amide bonds. The van der Waals surface area contributed by atoms with Gasteiger partial charge in [0.25, 0.3) is 0 Å². The van der Waals surface area contributed by atoms with Gasteiger partial charge in [0.05, 0.1) is 6.54 Å². The zero-order valence-corrected chi connectivity index (χ0v) is 13.3. The Kier molecular flexibility index (Phi) is 5.55. The Balaban J connectivity index is 1.84. The number of nitrogens with one attached hydrogen (secondary N) is 1. The maximum Gasteiger partial charge on any atom is 0.231 e. The van der Waals surface area contributed by atoms with Crippen molar-refractivity contribution in [2.45, 2.75) is 32.6 Å². The second-order valence-electron chi connectivity index (χ2n) is 6.28. The number of amides is 2. The van der Waals surface area contributed by atoms with Crippen LogP contribution in [-0.2, 0) is 9.59 Å². The summed E-state index contributed by atoms with van der Waals surface area (Å²) in [6, 6.07) is 8.01. The third-order valence-electron chi connectivity index (χ3n) is 4.18. The molecule has 1 aromatic rings. The highest BCUT2D eigenvalue weighted by molar-refractivity contribution is 5.92. The second-order valence-corrected chi connectivity index (χ2v) is 6.28. The normalized spacial score (nSPS) is 16.7. The number of likely N-dealkylation sites (tertiary alicyclic amines) is 1. The molecule has 3 N–H and O–H groups in total. The number of rotatable bonds is 5. The van der Waals surface area contributed by atoms with Crippen LogP contribution in [0, 0.1) is 5.92 Å². The van der Waals surface area contributed by atoms with E-state index in [1.54, 1.807) is 0 Å². The second kappa shape index (κ2) is 7.40. The maximum atomic E-state index is 12.3. The lowest BCUT2D eigenvalue weighted by molar-refractivity contribution is -0.122. The third kappa shape index (κ3) is 4.56. The Morgan fingerprint density at radius 2 is 1.82 bits per heavy atom. The molecule has 1 heterocycles. The summed E-state index contributed by atoms with van der Waals surface area (Å²) in [6.45, 7) is 6.06. The van der Waals surface area contributed by atoms with Gasteiger partial charge in [0, 0.05) is 11.6 Å². The van der Waals surface area contributed by atoms with Crippen molar-refractivity contribution in [3.63, 3.8) is 0 Å². The molecular weight excluding hydrogens is 278 g/mol. The summed E-state index contributed by atoms with van der Waals surface area (Å²) in [4.78, 5) is 25.2. The molecule has 1 saturated heterocycles. The summed E-state index contributed by atoms with van der Waals surface area (Å²) >= 11 is 0. The van der Waals surface area contributed by atoms with E-state index in [0.29, 0.717) is 5.92 Å². The Labute approximate surface area is 131 Å². The molecule has 22 heavy (non-hydrogen) atoms.